The summed E-state index contributed by atoms with van der Waals surface area (Å²) in [5, 5.41) is 13.9. The SMILES string of the molecule is O=C(NCCCc1ccccc1)c1cccc(S(=O)(=O)NC(=O)c2ccc(C(=O)NCCO)nc2)c1. The number of aliphatic hydroxyl groups excluding tert-OH is 1. The third-order valence-electron chi connectivity index (χ3n) is 5.06. The van der Waals surface area contributed by atoms with Gasteiger partial charge < -0.3 is 15.7 Å². The smallest absolute Gasteiger partial charge is 0.269 e. The lowest BCUT2D eigenvalue weighted by molar-refractivity contribution is 0.0934. The van der Waals surface area contributed by atoms with Crippen molar-refractivity contribution in [2.75, 3.05) is 19.7 Å². The molecule has 0 bridgehead atoms. The van der Waals surface area contributed by atoms with E-state index in [9.17, 15) is 22.8 Å². The first kappa shape index (κ1) is 26.5. The number of aliphatic hydroxyl groups is 1. The molecule has 3 rings (SSSR count). The van der Waals surface area contributed by atoms with Gasteiger partial charge in [0.15, 0.2) is 0 Å². The minimum absolute atomic E-state index is 0.00494. The Balaban J connectivity index is 1.59. The van der Waals surface area contributed by atoms with Gasteiger partial charge in [-0.1, -0.05) is 36.4 Å². The zero-order valence-corrected chi connectivity index (χ0v) is 20.1. The largest absolute Gasteiger partial charge is 0.395 e. The molecule has 1 heterocycles. The summed E-state index contributed by atoms with van der Waals surface area (Å²) in [5.41, 5.74) is 1.23. The summed E-state index contributed by atoms with van der Waals surface area (Å²) >= 11 is 0. The van der Waals surface area contributed by atoms with E-state index in [1.807, 2.05) is 35.1 Å². The lowest BCUT2D eigenvalue weighted by Crippen LogP contribution is -2.31. The molecule has 36 heavy (non-hydrogen) atoms. The van der Waals surface area contributed by atoms with Crippen LogP contribution in [0.25, 0.3) is 0 Å². The number of benzene rings is 2. The van der Waals surface area contributed by atoms with E-state index >= 15 is 0 Å². The molecule has 188 valence electrons. The summed E-state index contributed by atoms with van der Waals surface area (Å²) in [6, 6.07) is 17.7. The van der Waals surface area contributed by atoms with Crippen LogP contribution in [0, 0.1) is 0 Å². The minimum Gasteiger partial charge on any atom is -0.395 e. The number of hydrogen-bond donors (Lipinski definition) is 4. The zero-order chi connectivity index (χ0) is 26.0. The van der Waals surface area contributed by atoms with E-state index < -0.39 is 27.7 Å². The molecule has 0 saturated heterocycles. The highest BCUT2D eigenvalue weighted by atomic mass is 32.2. The van der Waals surface area contributed by atoms with Gasteiger partial charge in [-0.3, -0.25) is 19.4 Å². The zero-order valence-electron chi connectivity index (χ0n) is 19.3. The van der Waals surface area contributed by atoms with E-state index in [0.29, 0.717) is 6.54 Å². The maximum Gasteiger partial charge on any atom is 0.269 e. The fourth-order valence-corrected chi connectivity index (χ4v) is 4.23. The topological polar surface area (TPSA) is 155 Å². The molecule has 10 nitrogen and oxygen atoms in total. The highest BCUT2D eigenvalue weighted by molar-refractivity contribution is 7.90. The first-order valence-electron chi connectivity index (χ1n) is 11.1. The summed E-state index contributed by atoms with van der Waals surface area (Å²) in [7, 11) is -4.28. The lowest BCUT2D eigenvalue weighted by Gasteiger charge is -2.10. The van der Waals surface area contributed by atoms with Crippen molar-refractivity contribution in [3.8, 4) is 0 Å². The molecule has 0 fully saturated rings. The Morgan fingerprint density at radius 2 is 1.56 bits per heavy atom. The summed E-state index contributed by atoms with van der Waals surface area (Å²) in [4.78, 5) is 40.4. The highest BCUT2D eigenvalue weighted by Gasteiger charge is 2.21. The Kier molecular flexibility index (Phi) is 9.25. The summed E-state index contributed by atoms with van der Waals surface area (Å²) in [6.07, 6.45) is 2.59. The quantitative estimate of drug-likeness (QED) is 0.283. The van der Waals surface area contributed by atoms with Gasteiger partial charge in [0.05, 0.1) is 17.1 Å². The van der Waals surface area contributed by atoms with Gasteiger partial charge >= 0.3 is 0 Å². The average Bonchev–Trinajstić information content (AvgIpc) is 2.90. The van der Waals surface area contributed by atoms with E-state index in [4.69, 9.17) is 5.11 Å². The first-order chi connectivity index (χ1) is 17.3. The molecular weight excluding hydrogens is 484 g/mol. The maximum atomic E-state index is 12.7. The van der Waals surface area contributed by atoms with Crippen molar-refractivity contribution in [2.45, 2.75) is 17.7 Å². The number of carbonyl (C=O) groups excluding carboxylic acids is 3. The van der Waals surface area contributed by atoms with Gasteiger partial charge in [-0.05, 0) is 48.7 Å². The predicted molar refractivity (Wildman–Crippen MR) is 132 cm³/mol. The van der Waals surface area contributed by atoms with Crippen molar-refractivity contribution >= 4 is 27.7 Å². The van der Waals surface area contributed by atoms with Crippen LogP contribution in [0.4, 0.5) is 0 Å². The average molecular weight is 511 g/mol. The van der Waals surface area contributed by atoms with Crippen LogP contribution in [0.2, 0.25) is 0 Å². The van der Waals surface area contributed by atoms with E-state index in [0.717, 1.165) is 24.6 Å². The molecule has 0 aliphatic rings. The molecule has 3 aromatic rings. The van der Waals surface area contributed by atoms with E-state index in [2.05, 4.69) is 15.6 Å². The van der Waals surface area contributed by atoms with Gasteiger partial charge in [-0.15, -0.1) is 0 Å². The van der Waals surface area contributed by atoms with Crippen LogP contribution in [0.5, 0.6) is 0 Å². The number of aryl methyl sites for hydroxylation is 1. The molecule has 11 heteroatoms. The maximum absolute atomic E-state index is 12.7. The fraction of sp³-hybridized carbons (Fsp3) is 0.200. The molecule has 2 aromatic carbocycles. The van der Waals surface area contributed by atoms with Gasteiger partial charge in [0.25, 0.3) is 27.7 Å². The lowest BCUT2D eigenvalue weighted by atomic mass is 10.1. The number of nitrogens with one attached hydrogen (secondary N) is 3. The van der Waals surface area contributed by atoms with Crippen molar-refractivity contribution in [3.05, 3.63) is 95.3 Å². The predicted octanol–water partition coefficient (Wildman–Crippen LogP) is 1.28. The molecule has 0 aliphatic carbocycles. The highest BCUT2D eigenvalue weighted by Crippen LogP contribution is 2.13. The summed E-state index contributed by atoms with van der Waals surface area (Å²) < 4.78 is 27.4. The number of nitrogens with zero attached hydrogens (tertiary/aromatic N) is 1. The third-order valence-corrected chi connectivity index (χ3v) is 6.39. The monoisotopic (exact) mass is 510 g/mol. The third kappa shape index (κ3) is 7.45. The van der Waals surface area contributed by atoms with Gasteiger partial charge in [0.2, 0.25) is 0 Å². The number of hydrogen-bond acceptors (Lipinski definition) is 7. The van der Waals surface area contributed by atoms with E-state index in [-0.39, 0.29) is 34.9 Å². The molecular formula is C25H26N4O6S. The Hall–Kier alpha value is -4.09. The standard InChI is InChI=1S/C25H26N4O6S/c30-15-14-27-25(33)22-12-11-20(17-28-22)24(32)29-36(34,35)21-10-4-9-19(16-21)23(31)26-13-5-8-18-6-2-1-3-7-18/h1-4,6-7,9-12,16-17,30H,5,8,13-15H2,(H,26,31)(H,27,33)(H,29,32). The van der Waals surface area contributed by atoms with Crippen LogP contribution < -0.4 is 15.4 Å². The normalized spacial score (nSPS) is 10.9. The first-order valence-corrected chi connectivity index (χ1v) is 12.6. The number of sulfonamides is 1. The molecule has 4 N–H and O–H groups in total. The summed E-state index contributed by atoms with van der Waals surface area (Å²) in [6.45, 7) is 0.232. The van der Waals surface area contributed by atoms with Crippen LogP contribution in [0.1, 0.15) is 43.2 Å². The van der Waals surface area contributed by atoms with E-state index in [1.54, 1.807) is 0 Å². The Labute approximate surface area is 208 Å². The second-order valence-electron chi connectivity index (χ2n) is 7.72. The number of carbonyl (C=O) groups is 3. The van der Waals surface area contributed by atoms with Gasteiger partial charge in [0, 0.05) is 24.8 Å². The van der Waals surface area contributed by atoms with Crippen LogP contribution in [-0.4, -0.2) is 55.9 Å². The molecule has 0 unspecified atom stereocenters. The minimum atomic E-state index is -4.28. The number of amides is 3. The van der Waals surface area contributed by atoms with Crippen molar-refractivity contribution in [1.82, 2.24) is 20.3 Å². The Morgan fingerprint density at radius 1 is 0.806 bits per heavy atom. The Morgan fingerprint density at radius 3 is 2.25 bits per heavy atom. The van der Waals surface area contributed by atoms with E-state index in [1.165, 1.54) is 36.4 Å². The number of rotatable bonds is 11. The molecule has 0 saturated carbocycles. The van der Waals surface area contributed by atoms with Crippen molar-refractivity contribution in [2.24, 2.45) is 0 Å². The molecule has 3 amide bonds. The van der Waals surface area contributed by atoms with Crippen LogP contribution in [-0.2, 0) is 16.4 Å². The molecule has 0 spiro atoms. The molecule has 0 atom stereocenters. The fourth-order valence-electron chi connectivity index (χ4n) is 3.21. The van der Waals surface area contributed by atoms with Gasteiger partial charge in [0.1, 0.15) is 5.69 Å². The van der Waals surface area contributed by atoms with Gasteiger partial charge in [-0.25, -0.2) is 13.1 Å². The number of aromatic nitrogens is 1. The molecule has 0 aliphatic heterocycles. The second kappa shape index (κ2) is 12.6. The van der Waals surface area contributed by atoms with Crippen molar-refractivity contribution in [3.63, 3.8) is 0 Å². The summed E-state index contributed by atoms with van der Waals surface area (Å²) in [5.74, 6) is -1.91. The second-order valence-corrected chi connectivity index (χ2v) is 9.40. The van der Waals surface area contributed by atoms with Crippen LogP contribution >= 0.6 is 0 Å². The Bertz CT molecular complexity index is 1310. The molecule has 0 radical (unpaired) electrons. The van der Waals surface area contributed by atoms with Crippen molar-refractivity contribution < 1.29 is 27.9 Å². The van der Waals surface area contributed by atoms with Gasteiger partial charge in [-0.2, -0.15) is 0 Å². The molecule has 1 aromatic heterocycles. The van der Waals surface area contributed by atoms with Crippen molar-refractivity contribution in [1.29, 1.82) is 0 Å². The van der Waals surface area contributed by atoms with Crippen LogP contribution in [0.3, 0.4) is 0 Å². The number of pyridine rings is 1. The van der Waals surface area contributed by atoms with Crippen LogP contribution in [0.15, 0.2) is 77.8 Å².